The number of fused-ring (bicyclic) bond motifs is 1. The first-order valence-electron chi connectivity index (χ1n) is 16.2. The Morgan fingerprint density at radius 3 is 2.33 bits per heavy atom. The van der Waals surface area contributed by atoms with Gasteiger partial charge in [0.25, 0.3) is 11.8 Å². The number of aryl methyl sites for hydroxylation is 2. The van der Waals surface area contributed by atoms with Gasteiger partial charge in [0, 0.05) is 49.7 Å². The number of carbonyl (C=O) groups excluding carboxylic acids is 2. The molecule has 2 aliphatic rings. The van der Waals surface area contributed by atoms with Crippen molar-refractivity contribution in [1.82, 2.24) is 15.1 Å². The molecule has 2 amide bonds. The molecule has 0 atom stereocenters. The van der Waals surface area contributed by atoms with Gasteiger partial charge < -0.3 is 15.1 Å². The molecule has 0 bridgehead atoms. The van der Waals surface area contributed by atoms with Crippen LogP contribution in [0.1, 0.15) is 44.6 Å². The van der Waals surface area contributed by atoms with Crippen molar-refractivity contribution in [2.24, 2.45) is 0 Å². The molecule has 0 spiro atoms. The van der Waals surface area contributed by atoms with Crippen LogP contribution in [0.5, 0.6) is 0 Å². The third-order valence-electron chi connectivity index (χ3n) is 8.79. The molecular formula is C39H42N4O2S. The van der Waals surface area contributed by atoms with E-state index < -0.39 is 0 Å². The summed E-state index contributed by atoms with van der Waals surface area (Å²) in [4.78, 5) is 35.3. The summed E-state index contributed by atoms with van der Waals surface area (Å²) in [5.41, 5.74) is 7.32. The Kier molecular flexibility index (Phi) is 10.3. The number of hydrogen-bond acceptors (Lipinski definition) is 5. The summed E-state index contributed by atoms with van der Waals surface area (Å²) < 4.78 is 0. The lowest BCUT2D eigenvalue weighted by molar-refractivity contribution is -0.114. The van der Waals surface area contributed by atoms with Crippen LogP contribution in [-0.4, -0.2) is 60.9 Å². The number of anilines is 1. The summed E-state index contributed by atoms with van der Waals surface area (Å²) in [6.45, 7) is 11.6. The van der Waals surface area contributed by atoms with E-state index in [0.29, 0.717) is 23.6 Å². The molecule has 6 nitrogen and oxygen atoms in total. The molecule has 4 aromatic rings. The zero-order valence-electron chi connectivity index (χ0n) is 26.7. The van der Waals surface area contributed by atoms with Crippen LogP contribution in [-0.2, 0) is 17.9 Å². The van der Waals surface area contributed by atoms with Crippen molar-refractivity contribution in [2.75, 3.05) is 44.2 Å². The van der Waals surface area contributed by atoms with Crippen LogP contribution >= 0.6 is 11.8 Å². The molecule has 0 saturated carbocycles. The standard InChI is InChI=1S/C39H42N4O2S/c1-29-13-14-30(2)34(25-29)28-43-35-11-6-7-12-36(35)46-37(39(43)45)26-31-15-17-33(18-16-31)38(44)40-19-8-20-41-21-23-42(24-22-41)27-32-9-4-3-5-10-32/h3-7,9-18,25-26H,8,19-24,27-28H2,1-2H3,(H,40,44)/b37-26-. The zero-order chi connectivity index (χ0) is 31.9. The van der Waals surface area contributed by atoms with Crippen LogP contribution in [0.25, 0.3) is 6.08 Å². The van der Waals surface area contributed by atoms with Gasteiger partial charge in [0.15, 0.2) is 0 Å². The number of piperazine rings is 1. The van der Waals surface area contributed by atoms with E-state index in [2.05, 4.69) is 83.6 Å². The number of thioether (sulfide) groups is 1. The lowest BCUT2D eigenvalue weighted by Crippen LogP contribution is -2.46. The summed E-state index contributed by atoms with van der Waals surface area (Å²) in [6, 6.07) is 32.6. The fraction of sp³-hybridized carbons (Fsp3) is 0.282. The van der Waals surface area contributed by atoms with Gasteiger partial charge in [0.2, 0.25) is 0 Å². The minimum Gasteiger partial charge on any atom is -0.352 e. The van der Waals surface area contributed by atoms with Gasteiger partial charge in [-0.1, -0.05) is 90.1 Å². The molecule has 0 unspecified atom stereocenters. The molecule has 6 rings (SSSR count). The second-order valence-corrected chi connectivity index (χ2v) is 13.3. The van der Waals surface area contributed by atoms with Gasteiger partial charge in [-0.3, -0.25) is 14.5 Å². The predicted molar refractivity (Wildman–Crippen MR) is 189 cm³/mol. The number of nitrogens with one attached hydrogen (secondary N) is 1. The number of nitrogens with zero attached hydrogens (tertiary/aromatic N) is 3. The molecule has 2 aliphatic heterocycles. The highest BCUT2D eigenvalue weighted by Gasteiger charge is 2.29. The molecule has 1 fully saturated rings. The first-order valence-corrected chi connectivity index (χ1v) is 17.0. The maximum absolute atomic E-state index is 13.8. The molecule has 7 heteroatoms. The second kappa shape index (κ2) is 14.9. The highest BCUT2D eigenvalue weighted by atomic mass is 32.2. The molecule has 4 aromatic carbocycles. The largest absolute Gasteiger partial charge is 0.352 e. The Balaban J connectivity index is 1.01. The molecule has 0 aliphatic carbocycles. The third-order valence-corrected chi connectivity index (χ3v) is 9.86. The van der Waals surface area contributed by atoms with Gasteiger partial charge in [0.05, 0.1) is 17.1 Å². The Bertz CT molecular complexity index is 1700. The minimum atomic E-state index is -0.0661. The molecular weight excluding hydrogens is 589 g/mol. The second-order valence-electron chi connectivity index (χ2n) is 12.2. The number of benzene rings is 4. The summed E-state index contributed by atoms with van der Waals surface area (Å²) in [5, 5.41) is 3.08. The van der Waals surface area contributed by atoms with Gasteiger partial charge >= 0.3 is 0 Å². The van der Waals surface area contributed by atoms with E-state index in [1.807, 2.05) is 53.4 Å². The van der Waals surface area contributed by atoms with Crippen LogP contribution < -0.4 is 10.2 Å². The fourth-order valence-corrected chi connectivity index (χ4v) is 7.12. The van der Waals surface area contributed by atoms with Gasteiger partial charge in [0.1, 0.15) is 0 Å². The summed E-state index contributed by atoms with van der Waals surface area (Å²) in [5.74, 6) is -0.0762. The average molecular weight is 631 g/mol. The van der Waals surface area contributed by atoms with E-state index in [-0.39, 0.29) is 11.8 Å². The molecule has 236 valence electrons. The quantitative estimate of drug-likeness (QED) is 0.152. The summed E-state index contributed by atoms with van der Waals surface area (Å²) >= 11 is 1.50. The van der Waals surface area contributed by atoms with Crippen molar-refractivity contribution < 1.29 is 9.59 Å². The first-order chi connectivity index (χ1) is 22.4. The van der Waals surface area contributed by atoms with Gasteiger partial charge in [-0.15, -0.1) is 0 Å². The maximum Gasteiger partial charge on any atom is 0.265 e. The number of rotatable bonds is 10. The lowest BCUT2D eigenvalue weighted by Gasteiger charge is -2.34. The van der Waals surface area contributed by atoms with Gasteiger partial charge in [-0.2, -0.15) is 0 Å². The van der Waals surface area contributed by atoms with Crippen molar-refractivity contribution in [3.05, 3.63) is 135 Å². The van der Waals surface area contributed by atoms with E-state index in [1.54, 1.807) is 0 Å². The van der Waals surface area contributed by atoms with E-state index in [4.69, 9.17) is 0 Å². The molecule has 0 radical (unpaired) electrons. The topological polar surface area (TPSA) is 55.9 Å². The Morgan fingerprint density at radius 2 is 1.54 bits per heavy atom. The third kappa shape index (κ3) is 7.97. The van der Waals surface area contributed by atoms with Crippen LogP contribution in [0.2, 0.25) is 0 Å². The number of hydrogen-bond donors (Lipinski definition) is 1. The smallest absolute Gasteiger partial charge is 0.265 e. The van der Waals surface area contributed by atoms with Crippen molar-refractivity contribution in [2.45, 2.75) is 38.3 Å². The monoisotopic (exact) mass is 630 g/mol. The number of para-hydroxylation sites is 1. The van der Waals surface area contributed by atoms with E-state index in [9.17, 15) is 9.59 Å². The van der Waals surface area contributed by atoms with E-state index in [1.165, 1.54) is 28.5 Å². The minimum absolute atomic E-state index is 0.0102. The summed E-state index contributed by atoms with van der Waals surface area (Å²) in [7, 11) is 0. The van der Waals surface area contributed by atoms with E-state index >= 15 is 0 Å². The normalized spacial score (nSPS) is 16.4. The molecule has 1 saturated heterocycles. The zero-order valence-corrected chi connectivity index (χ0v) is 27.6. The molecule has 46 heavy (non-hydrogen) atoms. The fourth-order valence-electron chi connectivity index (χ4n) is 6.06. The van der Waals surface area contributed by atoms with Crippen molar-refractivity contribution >= 4 is 35.3 Å². The van der Waals surface area contributed by atoms with Crippen LogP contribution in [0.3, 0.4) is 0 Å². The van der Waals surface area contributed by atoms with Crippen LogP contribution in [0.15, 0.2) is 107 Å². The van der Waals surface area contributed by atoms with E-state index in [0.717, 1.165) is 67.4 Å². The summed E-state index contributed by atoms with van der Waals surface area (Å²) in [6.07, 6.45) is 2.86. The van der Waals surface area contributed by atoms with Gasteiger partial charge in [-0.05, 0) is 79.4 Å². The molecule has 1 N–H and O–H groups in total. The lowest BCUT2D eigenvalue weighted by atomic mass is 10.0. The Morgan fingerprint density at radius 1 is 0.826 bits per heavy atom. The number of carbonyl (C=O) groups is 2. The first kappa shape index (κ1) is 31.8. The average Bonchev–Trinajstić information content (AvgIpc) is 3.08. The Labute approximate surface area is 277 Å². The SMILES string of the molecule is Cc1ccc(C)c(CN2C(=O)/C(=C/c3ccc(C(=O)NCCCN4CCN(Cc5ccccc5)CC4)cc3)Sc3ccccc32)c1. The highest BCUT2D eigenvalue weighted by molar-refractivity contribution is 8.04. The van der Waals surface area contributed by atoms with Crippen molar-refractivity contribution in [3.63, 3.8) is 0 Å². The molecule has 2 heterocycles. The van der Waals surface area contributed by atoms with Crippen LogP contribution in [0.4, 0.5) is 5.69 Å². The molecule has 0 aromatic heterocycles. The van der Waals surface area contributed by atoms with Crippen molar-refractivity contribution in [1.29, 1.82) is 0 Å². The van der Waals surface area contributed by atoms with Crippen LogP contribution in [0, 0.1) is 13.8 Å². The number of amides is 2. The maximum atomic E-state index is 13.8. The van der Waals surface area contributed by atoms with Gasteiger partial charge in [-0.25, -0.2) is 0 Å². The Hall–Kier alpha value is -4.17. The van der Waals surface area contributed by atoms with Crippen molar-refractivity contribution in [3.8, 4) is 0 Å². The predicted octanol–water partition coefficient (Wildman–Crippen LogP) is 6.92. The highest BCUT2D eigenvalue weighted by Crippen LogP contribution is 2.42.